The number of esters is 3. The number of rotatable bonds is 68. The second-order valence-corrected chi connectivity index (χ2v) is 24.9. The Morgan fingerprint density at radius 2 is 0.439 bits per heavy atom. The van der Waals surface area contributed by atoms with E-state index >= 15 is 0 Å². The molecule has 0 radical (unpaired) electrons. The third-order valence-electron chi connectivity index (χ3n) is 16.6. The first-order valence-electron chi connectivity index (χ1n) is 36.6. The van der Waals surface area contributed by atoms with E-state index in [0.29, 0.717) is 19.3 Å². The van der Waals surface area contributed by atoms with Crippen LogP contribution in [0.5, 0.6) is 0 Å². The van der Waals surface area contributed by atoms with Crippen LogP contribution in [0, 0.1) is 0 Å². The van der Waals surface area contributed by atoms with Gasteiger partial charge in [0.05, 0.1) is 0 Å². The van der Waals surface area contributed by atoms with Crippen LogP contribution in [0.1, 0.15) is 400 Å². The molecule has 0 aromatic rings. The molecule has 0 aromatic heterocycles. The Balaban J connectivity index is 4.33. The van der Waals surface area contributed by atoms with Crippen molar-refractivity contribution in [2.45, 2.75) is 406 Å². The molecule has 82 heavy (non-hydrogen) atoms. The van der Waals surface area contributed by atoms with Gasteiger partial charge in [0.15, 0.2) is 6.10 Å². The van der Waals surface area contributed by atoms with E-state index in [9.17, 15) is 14.4 Å². The van der Waals surface area contributed by atoms with Gasteiger partial charge in [-0.25, -0.2) is 0 Å². The highest BCUT2D eigenvalue weighted by molar-refractivity contribution is 5.71. The molecular formula is C76H140O6. The Hall–Kier alpha value is -2.63. The van der Waals surface area contributed by atoms with E-state index in [1.165, 1.54) is 283 Å². The summed E-state index contributed by atoms with van der Waals surface area (Å²) in [6.45, 7) is 6.68. The number of carbonyl (C=O) groups is 3. The van der Waals surface area contributed by atoms with Crippen LogP contribution in [0.3, 0.4) is 0 Å². The van der Waals surface area contributed by atoms with Gasteiger partial charge in [-0.15, -0.1) is 0 Å². The summed E-state index contributed by atoms with van der Waals surface area (Å²) in [5, 5.41) is 0. The number of unbranched alkanes of at least 4 members (excludes halogenated alkanes) is 49. The summed E-state index contributed by atoms with van der Waals surface area (Å²) in [5.74, 6) is -0.860. The van der Waals surface area contributed by atoms with Crippen molar-refractivity contribution in [3.05, 3.63) is 48.6 Å². The first kappa shape index (κ1) is 79.4. The van der Waals surface area contributed by atoms with Crippen LogP contribution in [0.2, 0.25) is 0 Å². The topological polar surface area (TPSA) is 78.9 Å². The van der Waals surface area contributed by atoms with Crippen LogP contribution in [-0.4, -0.2) is 37.2 Å². The highest BCUT2D eigenvalue weighted by Crippen LogP contribution is 2.18. The third kappa shape index (κ3) is 68.2. The van der Waals surface area contributed by atoms with Gasteiger partial charge in [-0.1, -0.05) is 345 Å². The molecule has 0 aromatic carbocycles. The summed E-state index contributed by atoms with van der Waals surface area (Å²) in [6.07, 6.45) is 90.0. The molecule has 0 rings (SSSR count). The molecule has 0 saturated carbocycles. The van der Waals surface area contributed by atoms with Crippen molar-refractivity contribution in [2.24, 2.45) is 0 Å². The lowest BCUT2D eigenvalue weighted by Crippen LogP contribution is -2.30. The molecule has 0 amide bonds. The Labute approximate surface area is 511 Å². The third-order valence-corrected chi connectivity index (χ3v) is 16.6. The molecule has 6 nitrogen and oxygen atoms in total. The maximum absolute atomic E-state index is 13.0. The van der Waals surface area contributed by atoms with Gasteiger partial charge in [0.2, 0.25) is 0 Å². The zero-order valence-electron chi connectivity index (χ0n) is 55.3. The summed E-state index contributed by atoms with van der Waals surface area (Å²) >= 11 is 0. The van der Waals surface area contributed by atoms with Gasteiger partial charge in [-0.05, 0) is 83.5 Å². The van der Waals surface area contributed by atoms with Crippen molar-refractivity contribution in [1.29, 1.82) is 0 Å². The molecule has 0 N–H and O–H groups in total. The molecule has 0 aliphatic rings. The summed E-state index contributed by atoms with van der Waals surface area (Å²) in [5.41, 5.74) is 0. The van der Waals surface area contributed by atoms with Gasteiger partial charge in [-0.2, -0.15) is 0 Å². The summed E-state index contributed by atoms with van der Waals surface area (Å²) in [4.78, 5) is 38.5. The predicted molar refractivity (Wildman–Crippen MR) is 358 cm³/mol. The normalized spacial score (nSPS) is 12.3. The lowest BCUT2D eigenvalue weighted by Gasteiger charge is -2.18. The van der Waals surface area contributed by atoms with Gasteiger partial charge >= 0.3 is 17.9 Å². The minimum Gasteiger partial charge on any atom is -0.462 e. The van der Waals surface area contributed by atoms with Crippen LogP contribution < -0.4 is 0 Å². The van der Waals surface area contributed by atoms with Crippen LogP contribution in [-0.2, 0) is 28.6 Å². The first-order valence-corrected chi connectivity index (χ1v) is 36.6. The molecule has 0 bridgehead atoms. The molecular weight excluding hydrogens is 1010 g/mol. The van der Waals surface area contributed by atoms with Crippen molar-refractivity contribution in [3.8, 4) is 0 Å². The maximum Gasteiger partial charge on any atom is 0.306 e. The van der Waals surface area contributed by atoms with E-state index in [1.807, 2.05) is 0 Å². The zero-order chi connectivity index (χ0) is 59.2. The largest absolute Gasteiger partial charge is 0.462 e. The van der Waals surface area contributed by atoms with E-state index in [2.05, 4.69) is 69.4 Å². The molecule has 0 fully saturated rings. The molecule has 1 unspecified atom stereocenters. The second-order valence-electron chi connectivity index (χ2n) is 24.9. The van der Waals surface area contributed by atoms with Crippen LogP contribution in [0.4, 0.5) is 0 Å². The van der Waals surface area contributed by atoms with E-state index in [4.69, 9.17) is 14.2 Å². The molecule has 1 atom stereocenters. The highest BCUT2D eigenvalue weighted by atomic mass is 16.6. The van der Waals surface area contributed by atoms with Crippen LogP contribution in [0.25, 0.3) is 0 Å². The first-order chi connectivity index (χ1) is 40.5. The molecule has 0 spiro atoms. The Morgan fingerprint density at radius 1 is 0.244 bits per heavy atom. The lowest BCUT2D eigenvalue weighted by atomic mass is 10.0. The van der Waals surface area contributed by atoms with Crippen molar-refractivity contribution < 1.29 is 28.6 Å². The van der Waals surface area contributed by atoms with E-state index < -0.39 is 6.10 Å². The zero-order valence-corrected chi connectivity index (χ0v) is 55.3. The maximum atomic E-state index is 13.0. The predicted octanol–water partition coefficient (Wildman–Crippen LogP) is 25.3. The molecule has 0 aliphatic heterocycles. The van der Waals surface area contributed by atoms with Gasteiger partial charge < -0.3 is 14.2 Å². The number of hydrogen-bond acceptors (Lipinski definition) is 6. The van der Waals surface area contributed by atoms with E-state index in [0.717, 1.165) is 77.0 Å². The SMILES string of the molecule is CCCCC/C=C\C/C=C\C/C=C\CCCCCCCCC(=O)OCC(COC(=O)CCCCCCCCCCCCCCCCCCCCCCCCCC)OC(=O)CCCCCCCCCCC/C=C\CCCCCCCCCC. The highest BCUT2D eigenvalue weighted by Gasteiger charge is 2.19. The number of hydrogen-bond donors (Lipinski definition) is 0. The average Bonchev–Trinajstić information content (AvgIpc) is 3.47. The van der Waals surface area contributed by atoms with E-state index in [-0.39, 0.29) is 31.1 Å². The lowest BCUT2D eigenvalue weighted by molar-refractivity contribution is -0.167. The summed E-state index contributed by atoms with van der Waals surface area (Å²) < 4.78 is 17.0. The minimum atomic E-state index is -0.780. The van der Waals surface area contributed by atoms with Crippen LogP contribution in [0.15, 0.2) is 48.6 Å². The van der Waals surface area contributed by atoms with Crippen molar-refractivity contribution in [2.75, 3.05) is 13.2 Å². The van der Waals surface area contributed by atoms with Gasteiger partial charge in [0, 0.05) is 19.3 Å². The van der Waals surface area contributed by atoms with E-state index in [1.54, 1.807) is 0 Å². The Morgan fingerprint density at radius 3 is 0.720 bits per heavy atom. The molecule has 0 saturated heterocycles. The standard InChI is InChI=1S/C76H140O6/c1-4-7-10-13-16-19-22-25-28-31-34-36-37-38-40-42-45-48-51-54-57-60-63-66-69-75(78)81-72-73(71-80-74(77)68-65-62-59-56-53-50-47-44-41-33-30-27-24-21-18-15-12-9-6-3)82-76(79)70-67-64-61-58-55-52-49-46-43-39-35-32-29-26-23-20-17-14-11-8-5-2/h18,21,27,30,32,35,41,44,73H,4-17,19-20,22-26,28-29,31,33-34,36-40,42-43,45-72H2,1-3H3/b21-18-,30-27-,35-32-,44-41-. The van der Waals surface area contributed by atoms with Crippen molar-refractivity contribution >= 4 is 17.9 Å². The molecule has 6 heteroatoms. The second kappa shape index (κ2) is 70.9. The fourth-order valence-electron chi connectivity index (χ4n) is 11.0. The van der Waals surface area contributed by atoms with Crippen LogP contribution >= 0.6 is 0 Å². The minimum absolute atomic E-state index is 0.0738. The Bertz CT molecular complexity index is 1410. The number of ether oxygens (including phenoxy) is 3. The van der Waals surface area contributed by atoms with Crippen molar-refractivity contribution in [1.82, 2.24) is 0 Å². The fraction of sp³-hybridized carbons (Fsp3) is 0.855. The summed E-state index contributed by atoms with van der Waals surface area (Å²) in [7, 11) is 0. The van der Waals surface area contributed by atoms with Crippen molar-refractivity contribution in [3.63, 3.8) is 0 Å². The summed E-state index contributed by atoms with van der Waals surface area (Å²) in [6, 6.07) is 0. The Kier molecular flexibility index (Phi) is 68.6. The monoisotopic (exact) mass is 1150 g/mol. The van der Waals surface area contributed by atoms with Gasteiger partial charge in [-0.3, -0.25) is 14.4 Å². The quantitative estimate of drug-likeness (QED) is 0.0261. The fourth-order valence-corrected chi connectivity index (χ4v) is 11.0. The van der Waals surface area contributed by atoms with Gasteiger partial charge in [0.1, 0.15) is 13.2 Å². The number of carbonyl (C=O) groups excluding carboxylic acids is 3. The molecule has 0 aliphatic carbocycles. The smallest absolute Gasteiger partial charge is 0.306 e. The number of allylic oxidation sites excluding steroid dienone is 8. The average molecular weight is 1150 g/mol. The van der Waals surface area contributed by atoms with Gasteiger partial charge in [0.25, 0.3) is 0 Å². The molecule has 480 valence electrons. The molecule has 0 heterocycles.